The Hall–Kier alpha value is -8.55. The first-order chi connectivity index (χ1) is 35.9. The molecule has 0 aliphatic heterocycles. The number of rotatable bonds is 6. The van der Waals surface area contributed by atoms with Crippen molar-refractivity contribution < 1.29 is 4.57 Å². The van der Waals surface area contributed by atoms with Crippen LogP contribution in [0.5, 0.6) is 0 Å². The second-order valence-corrected chi connectivity index (χ2v) is 23.1. The Bertz CT molecular complexity index is 4030. The molecule has 11 aromatic carbocycles. The van der Waals surface area contributed by atoms with Gasteiger partial charge < -0.3 is 9.46 Å². The summed E-state index contributed by atoms with van der Waals surface area (Å²) in [6, 6.07) is 93.3. The molecule has 0 radical (unpaired) electrons. The number of nitrogens with zero attached hydrogens (tertiary/aromatic N) is 1. The summed E-state index contributed by atoms with van der Waals surface area (Å²) in [5.74, 6) is 0. The Morgan fingerprint density at radius 1 is 0.274 bits per heavy atom. The molecule has 2 atom stereocenters. The highest BCUT2D eigenvalue weighted by Gasteiger charge is 2.54. The van der Waals surface area contributed by atoms with Crippen LogP contribution in [0, 0.1) is 13.8 Å². The fourth-order valence-corrected chi connectivity index (χ4v) is 16.3. The molecule has 2 nitrogen and oxygen atoms in total. The monoisotopic (exact) mass is 949 g/mol. The van der Waals surface area contributed by atoms with Gasteiger partial charge in [0.1, 0.15) is 0 Å². The van der Waals surface area contributed by atoms with Crippen LogP contribution >= 0.6 is 7.14 Å². The summed E-state index contributed by atoms with van der Waals surface area (Å²) in [4.78, 5) is 2.39. The van der Waals surface area contributed by atoms with E-state index in [9.17, 15) is 0 Å². The maximum absolute atomic E-state index is 17.5. The summed E-state index contributed by atoms with van der Waals surface area (Å²) in [5.41, 5.74) is 24.1. The molecular formula is C70H48NOP. The molecule has 0 saturated heterocycles. The molecule has 0 aromatic heterocycles. The van der Waals surface area contributed by atoms with Gasteiger partial charge in [-0.25, -0.2) is 0 Å². The van der Waals surface area contributed by atoms with Crippen molar-refractivity contribution in [3.63, 3.8) is 0 Å². The minimum absolute atomic E-state index is 0.569. The molecule has 344 valence electrons. The molecule has 73 heavy (non-hydrogen) atoms. The third kappa shape index (κ3) is 5.57. The summed E-state index contributed by atoms with van der Waals surface area (Å²) in [6.45, 7) is 4.29. The van der Waals surface area contributed by atoms with Crippen LogP contribution in [0.1, 0.15) is 55.6 Å². The van der Waals surface area contributed by atoms with Crippen LogP contribution in [-0.4, -0.2) is 0 Å². The van der Waals surface area contributed by atoms with Gasteiger partial charge in [-0.1, -0.05) is 217 Å². The van der Waals surface area contributed by atoms with Gasteiger partial charge in [0.25, 0.3) is 0 Å². The maximum atomic E-state index is 17.5. The highest BCUT2D eigenvalue weighted by atomic mass is 31.2. The molecule has 0 saturated carbocycles. The minimum atomic E-state index is -3.61. The number of anilines is 3. The van der Waals surface area contributed by atoms with Crippen LogP contribution in [0.2, 0.25) is 0 Å². The molecule has 0 heterocycles. The van der Waals surface area contributed by atoms with Crippen molar-refractivity contribution in [2.24, 2.45) is 0 Å². The lowest BCUT2D eigenvalue weighted by molar-refractivity contribution is 0.592. The lowest BCUT2D eigenvalue weighted by atomic mass is 9.70. The maximum Gasteiger partial charge on any atom is 0.171 e. The Labute approximate surface area is 426 Å². The third-order valence-electron chi connectivity index (χ3n) is 16.7. The number of hydrogen-bond acceptors (Lipinski definition) is 2. The zero-order valence-corrected chi connectivity index (χ0v) is 41.4. The van der Waals surface area contributed by atoms with E-state index in [1.165, 1.54) is 94.6 Å². The van der Waals surface area contributed by atoms with Crippen molar-refractivity contribution in [3.8, 4) is 44.5 Å². The molecular weight excluding hydrogens is 902 g/mol. The van der Waals surface area contributed by atoms with Crippen LogP contribution in [0.15, 0.2) is 255 Å². The Kier molecular flexibility index (Phi) is 8.94. The Morgan fingerprint density at radius 2 is 0.575 bits per heavy atom. The SMILES string of the molecule is Cc1ccc(N(c2ccc(C)cc2)c2ccc3c(c2)C2(c4ccccc4-3)c3ccccc3-c3ccc(P(=O)(c4ccccc4)c4ccc5c(c4)C4(c6ccccc6-c6ccccc64)c4ccccc4-5)cc32)cc1. The van der Waals surface area contributed by atoms with Gasteiger partial charge in [0.05, 0.1) is 10.8 Å². The molecule has 0 N–H and O–H groups in total. The van der Waals surface area contributed by atoms with E-state index in [4.69, 9.17) is 0 Å². The number of aryl methyl sites for hydroxylation is 2. The first kappa shape index (κ1) is 42.2. The van der Waals surface area contributed by atoms with Gasteiger partial charge in [-0.05, 0) is 151 Å². The second-order valence-electron chi connectivity index (χ2n) is 20.4. The summed E-state index contributed by atoms with van der Waals surface area (Å²) in [6.07, 6.45) is 0. The summed E-state index contributed by atoms with van der Waals surface area (Å²) in [7, 11) is -3.61. The number of fused-ring (bicyclic) bond motifs is 20. The van der Waals surface area contributed by atoms with Crippen LogP contribution < -0.4 is 20.8 Å². The quantitative estimate of drug-likeness (QED) is 0.155. The number of benzene rings is 11. The van der Waals surface area contributed by atoms with Crippen molar-refractivity contribution in [1.82, 2.24) is 0 Å². The first-order valence-electron chi connectivity index (χ1n) is 25.4. The van der Waals surface area contributed by atoms with E-state index in [2.05, 4.69) is 255 Å². The van der Waals surface area contributed by atoms with Gasteiger partial charge in [-0.3, -0.25) is 0 Å². The van der Waals surface area contributed by atoms with Crippen molar-refractivity contribution >= 4 is 40.1 Å². The summed E-state index contributed by atoms with van der Waals surface area (Å²) < 4.78 is 17.5. The fourth-order valence-electron chi connectivity index (χ4n) is 13.6. The van der Waals surface area contributed by atoms with Gasteiger partial charge in [0, 0.05) is 33.0 Å². The van der Waals surface area contributed by atoms with E-state index in [1.54, 1.807) is 0 Å². The topological polar surface area (TPSA) is 20.3 Å². The van der Waals surface area contributed by atoms with E-state index < -0.39 is 18.0 Å². The van der Waals surface area contributed by atoms with Gasteiger partial charge in [0.15, 0.2) is 7.14 Å². The average Bonchev–Trinajstić information content (AvgIpc) is 4.15. The largest absolute Gasteiger partial charge is 0.310 e. The van der Waals surface area contributed by atoms with Gasteiger partial charge in [-0.15, -0.1) is 0 Å². The second kappa shape index (κ2) is 15.5. The molecule has 4 aliphatic rings. The lowest BCUT2D eigenvalue weighted by Gasteiger charge is -2.33. The highest BCUT2D eigenvalue weighted by Crippen LogP contribution is 2.65. The molecule has 0 amide bonds. The summed E-state index contributed by atoms with van der Waals surface area (Å²) >= 11 is 0. The van der Waals surface area contributed by atoms with Gasteiger partial charge >= 0.3 is 0 Å². The zero-order valence-electron chi connectivity index (χ0n) is 40.6. The molecule has 2 spiro atoms. The standard InChI is InChI=1S/C70H48NOP/c1-45-28-32-47(33-29-45)71(48-34-30-46(2)31-35-48)49-36-39-58-55-20-9-14-26-64(55)70(66(58)42-49)65-27-15-10-22-57(65)60-41-38-52(44-68(60)70)73(72,50-16-4-3-5-17-50)51-37-40-59-56-21-8-13-25-63(56)69(67(59)43-51)61-23-11-6-18-53(61)54-19-7-12-24-62(54)69/h3-44H,1-2H3. The van der Waals surface area contributed by atoms with Crippen LogP contribution in [-0.2, 0) is 15.4 Å². The normalized spacial score (nSPS) is 16.1. The van der Waals surface area contributed by atoms with E-state index in [1.807, 2.05) is 18.2 Å². The Balaban J connectivity index is 0.984. The van der Waals surface area contributed by atoms with E-state index in [0.717, 1.165) is 38.5 Å². The molecule has 15 rings (SSSR count). The molecule has 4 aliphatic carbocycles. The van der Waals surface area contributed by atoms with E-state index >= 15 is 4.57 Å². The Morgan fingerprint density at radius 3 is 0.973 bits per heavy atom. The first-order valence-corrected chi connectivity index (χ1v) is 27.1. The molecule has 11 aromatic rings. The predicted octanol–water partition coefficient (Wildman–Crippen LogP) is 16.1. The van der Waals surface area contributed by atoms with Crippen molar-refractivity contribution in [1.29, 1.82) is 0 Å². The molecule has 0 fully saturated rings. The zero-order chi connectivity index (χ0) is 48.6. The lowest BCUT2D eigenvalue weighted by Crippen LogP contribution is -2.31. The van der Waals surface area contributed by atoms with Gasteiger partial charge in [-0.2, -0.15) is 0 Å². The molecule has 0 bridgehead atoms. The smallest absolute Gasteiger partial charge is 0.171 e. The number of hydrogen-bond donors (Lipinski definition) is 0. The predicted molar refractivity (Wildman–Crippen MR) is 303 cm³/mol. The van der Waals surface area contributed by atoms with E-state index in [0.29, 0.717) is 0 Å². The molecule has 3 heteroatoms. The third-order valence-corrected chi connectivity index (χ3v) is 19.8. The van der Waals surface area contributed by atoms with Gasteiger partial charge in [0.2, 0.25) is 0 Å². The summed E-state index contributed by atoms with van der Waals surface area (Å²) in [5, 5.41) is 2.47. The molecule has 2 unspecified atom stereocenters. The van der Waals surface area contributed by atoms with Crippen molar-refractivity contribution in [2.75, 3.05) is 4.90 Å². The van der Waals surface area contributed by atoms with E-state index in [-0.39, 0.29) is 0 Å². The van der Waals surface area contributed by atoms with Crippen LogP contribution in [0.3, 0.4) is 0 Å². The fraction of sp³-hybridized carbons (Fsp3) is 0.0571. The van der Waals surface area contributed by atoms with Crippen molar-refractivity contribution in [3.05, 3.63) is 310 Å². The highest BCUT2D eigenvalue weighted by molar-refractivity contribution is 7.85. The average molecular weight is 950 g/mol. The van der Waals surface area contributed by atoms with Crippen LogP contribution in [0.4, 0.5) is 17.1 Å². The minimum Gasteiger partial charge on any atom is -0.310 e. The van der Waals surface area contributed by atoms with Crippen molar-refractivity contribution in [2.45, 2.75) is 24.7 Å². The van der Waals surface area contributed by atoms with Crippen LogP contribution in [0.25, 0.3) is 44.5 Å².